The molecule has 0 aliphatic heterocycles. The maximum atomic E-state index is 13.1. The fourth-order valence-corrected chi connectivity index (χ4v) is 4.17. The average molecular weight is 545 g/mol. The highest BCUT2D eigenvalue weighted by Gasteiger charge is 2.31. The molecule has 0 saturated heterocycles. The van der Waals surface area contributed by atoms with Crippen molar-refractivity contribution in [3.05, 3.63) is 94.2 Å². The standard InChI is InChI=1S/C29H28N4O7/c1-17-8-6-11-20-26(17)40-28(32-20)25(37)22(16-24(35)36)31-27(38)18(2)33-15-7-12-21(29(33)39)30-23(34)14-13-19-9-4-3-5-10-19/h3-12,15,18,22H,13-14,16H2,1-2H3,(H,30,34)(H,31,38)(H,35,36)/t18-,22-/m0/s1. The van der Waals surface area contributed by atoms with Crippen LogP contribution in [0.25, 0.3) is 11.1 Å². The number of ketones is 1. The fourth-order valence-electron chi connectivity index (χ4n) is 4.17. The molecule has 0 radical (unpaired) electrons. The van der Waals surface area contributed by atoms with Crippen LogP contribution >= 0.6 is 0 Å². The number of aromatic nitrogens is 2. The first kappa shape index (κ1) is 28.0. The first-order chi connectivity index (χ1) is 19.1. The number of fused-ring (bicyclic) bond motifs is 1. The molecule has 2 atom stereocenters. The van der Waals surface area contributed by atoms with Gasteiger partial charge in [0.15, 0.2) is 5.58 Å². The Labute approximate surface area is 228 Å². The largest absolute Gasteiger partial charge is 0.481 e. The number of rotatable bonds is 11. The molecule has 11 heteroatoms. The molecule has 0 spiro atoms. The molecular formula is C29H28N4O7. The maximum absolute atomic E-state index is 13.1. The van der Waals surface area contributed by atoms with Crippen LogP contribution in [0, 0.1) is 6.92 Å². The minimum atomic E-state index is -1.49. The van der Waals surface area contributed by atoms with Gasteiger partial charge in [0.1, 0.15) is 23.3 Å². The highest BCUT2D eigenvalue weighted by Crippen LogP contribution is 2.21. The first-order valence-corrected chi connectivity index (χ1v) is 12.6. The van der Waals surface area contributed by atoms with Crippen LogP contribution in [-0.4, -0.2) is 44.3 Å². The van der Waals surface area contributed by atoms with Gasteiger partial charge in [0.25, 0.3) is 11.4 Å². The van der Waals surface area contributed by atoms with E-state index in [0.29, 0.717) is 17.5 Å². The minimum Gasteiger partial charge on any atom is -0.481 e. The van der Waals surface area contributed by atoms with Gasteiger partial charge in [-0.05, 0) is 49.6 Å². The van der Waals surface area contributed by atoms with Gasteiger partial charge in [-0.25, -0.2) is 4.98 Å². The number of carbonyl (C=O) groups excluding carboxylic acids is 3. The molecule has 2 aromatic carbocycles. The summed E-state index contributed by atoms with van der Waals surface area (Å²) in [7, 11) is 0. The van der Waals surface area contributed by atoms with E-state index in [1.807, 2.05) is 30.3 Å². The molecule has 0 unspecified atom stereocenters. The Hall–Kier alpha value is -5.06. The Kier molecular flexibility index (Phi) is 8.53. The molecule has 4 rings (SSSR count). The molecule has 206 valence electrons. The molecule has 0 bridgehead atoms. The van der Waals surface area contributed by atoms with Crippen LogP contribution < -0.4 is 16.2 Å². The highest BCUT2D eigenvalue weighted by atomic mass is 16.4. The lowest BCUT2D eigenvalue weighted by atomic mass is 10.1. The number of Topliss-reactive ketones (excluding diaryl/α,β-unsaturated/α-hetero) is 1. The van der Waals surface area contributed by atoms with E-state index in [1.165, 1.54) is 25.3 Å². The summed E-state index contributed by atoms with van der Waals surface area (Å²) in [5.74, 6) is -3.61. The topological polar surface area (TPSA) is 161 Å². The number of hydrogen-bond donors (Lipinski definition) is 3. The molecule has 0 fully saturated rings. The van der Waals surface area contributed by atoms with Crippen molar-refractivity contribution in [3.8, 4) is 0 Å². The lowest BCUT2D eigenvalue weighted by Gasteiger charge is -2.20. The quantitative estimate of drug-likeness (QED) is 0.243. The molecule has 0 aliphatic carbocycles. The zero-order chi connectivity index (χ0) is 28.8. The summed E-state index contributed by atoms with van der Waals surface area (Å²) in [5.41, 5.74) is 1.88. The number of benzene rings is 2. The number of carboxylic acid groups (broad SMARTS) is 1. The van der Waals surface area contributed by atoms with Gasteiger partial charge in [0, 0.05) is 12.6 Å². The van der Waals surface area contributed by atoms with E-state index in [9.17, 15) is 29.1 Å². The predicted octanol–water partition coefficient (Wildman–Crippen LogP) is 3.27. The number of oxazole rings is 1. The molecule has 2 aromatic heterocycles. The molecule has 4 aromatic rings. The van der Waals surface area contributed by atoms with Crippen molar-refractivity contribution in [3.63, 3.8) is 0 Å². The summed E-state index contributed by atoms with van der Waals surface area (Å²) < 4.78 is 6.66. The van der Waals surface area contributed by atoms with Gasteiger partial charge in [-0.1, -0.05) is 42.5 Å². The number of aryl methyl sites for hydroxylation is 2. The van der Waals surface area contributed by atoms with E-state index < -0.39 is 41.7 Å². The van der Waals surface area contributed by atoms with E-state index >= 15 is 0 Å². The average Bonchev–Trinajstić information content (AvgIpc) is 3.38. The number of nitrogens with zero attached hydrogens (tertiary/aromatic N) is 2. The zero-order valence-corrected chi connectivity index (χ0v) is 21.9. The molecule has 40 heavy (non-hydrogen) atoms. The van der Waals surface area contributed by atoms with E-state index in [2.05, 4.69) is 15.6 Å². The summed E-state index contributed by atoms with van der Waals surface area (Å²) >= 11 is 0. The smallest absolute Gasteiger partial charge is 0.305 e. The second-order valence-electron chi connectivity index (χ2n) is 9.31. The molecule has 2 heterocycles. The van der Waals surface area contributed by atoms with Crippen LogP contribution in [0.1, 0.15) is 47.6 Å². The molecule has 0 saturated carbocycles. The van der Waals surface area contributed by atoms with Crippen LogP contribution in [0.2, 0.25) is 0 Å². The number of aliphatic carboxylic acids is 1. The van der Waals surface area contributed by atoms with Crippen LogP contribution in [0.5, 0.6) is 0 Å². The molecule has 2 amide bonds. The summed E-state index contributed by atoms with van der Waals surface area (Å²) in [4.78, 5) is 67.3. The van der Waals surface area contributed by atoms with Crippen LogP contribution in [0.15, 0.2) is 76.1 Å². The van der Waals surface area contributed by atoms with Crippen molar-refractivity contribution in [2.24, 2.45) is 0 Å². The lowest BCUT2D eigenvalue weighted by molar-refractivity contribution is -0.137. The summed E-state index contributed by atoms with van der Waals surface area (Å²) in [6, 6.07) is 14.9. The Morgan fingerprint density at radius 3 is 2.48 bits per heavy atom. The van der Waals surface area contributed by atoms with Crippen LogP contribution in [0.4, 0.5) is 5.69 Å². The SMILES string of the molecule is Cc1cccc2nc(C(=O)[C@H](CC(=O)O)NC(=O)[C@H](C)n3cccc(NC(=O)CCc4ccccc4)c3=O)oc12. The van der Waals surface area contributed by atoms with Crippen molar-refractivity contribution >= 4 is 40.4 Å². The monoisotopic (exact) mass is 544 g/mol. The van der Waals surface area contributed by atoms with Gasteiger partial charge in [-0.15, -0.1) is 0 Å². The minimum absolute atomic E-state index is 0.0137. The summed E-state index contributed by atoms with van der Waals surface area (Å²) in [5, 5.41) is 14.4. The number of pyridine rings is 1. The van der Waals surface area contributed by atoms with Gasteiger partial charge in [0.05, 0.1) is 6.42 Å². The third-order valence-electron chi connectivity index (χ3n) is 6.36. The Morgan fingerprint density at radius 1 is 1.02 bits per heavy atom. The summed E-state index contributed by atoms with van der Waals surface area (Å²) in [6.45, 7) is 3.19. The molecular weight excluding hydrogens is 516 g/mol. The van der Waals surface area contributed by atoms with Crippen molar-refractivity contribution in [1.29, 1.82) is 0 Å². The first-order valence-electron chi connectivity index (χ1n) is 12.6. The number of amides is 2. The van der Waals surface area contributed by atoms with E-state index in [4.69, 9.17) is 4.42 Å². The lowest BCUT2D eigenvalue weighted by Crippen LogP contribution is -2.46. The third-order valence-corrected chi connectivity index (χ3v) is 6.36. The highest BCUT2D eigenvalue weighted by molar-refractivity contribution is 6.02. The predicted molar refractivity (Wildman–Crippen MR) is 146 cm³/mol. The van der Waals surface area contributed by atoms with E-state index in [0.717, 1.165) is 15.7 Å². The van der Waals surface area contributed by atoms with Gasteiger partial charge in [-0.2, -0.15) is 0 Å². The van der Waals surface area contributed by atoms with Crippen LogP contribution in [-0.2, 0) is 20.8 Å². The van der Waals surface area contributed by atoms with Crippen molar-refractivity contribution < 1.29 is 28.7 Å². The van der Waals surface area contributed by atoms with Gasteiger partial charge in [0.2, 0.25) is 17.6 Å². The second kappa shape index (κ2) is 12.2. The number of hydrogen-bond acceptors (Lipinski definition) is 7. The Morgan fingerprint density at radius 2 is 1.77 bits per heavy atom. The van der Waals surface area contributed by atoms with Crippen LogP contribution in [0.3, 0.4) is 0 Å². The maximum Gasteiger partial charge on any atom is 0.305 e. The number of anilines is 1. The molecule has 11 nitrogen and oxygen atoms in total. The zero-order valence-electron chi connectivity index (χ0n) is 21.9. The number of carboxylic acids is 1. The van der Waals surface area contributed by atoms with Crippen molar-refractivity contribution in [2.45, 2.75) is 45.2 Å². The number of nitrogens with one attached hydrogen (secondary N) is 2. The summed E-state index contributed by atoms with van der Waals surface area (Å²) in [6.07, 6.45) is 1.29. The van der Waals surface area contributed by atoms with Gasteiger partial charge in [-0.3, -0.25) is 24.0 Å². The third kappa shape index (κ3) is 6.49. The van der Waals surface area contributed by atoms with E-state index in [1.54, 1.807) is 25.1 Å². The Balaban J connectivity index is 1.47. The van der Waals surface area contributed by atoms with Crippen molar-refractivity contribution in [2.75, 3.05) is 5.32 Å². The second-order valence-corrected chi connectivity index (χ2v) is 9.31. The Bertz CT molecular complexity index is 1620. The fraction of sp³-hybridized carbons (Fsp3) is 0.241. The number of para-hydroxylation sites is 1. The van der Waals surface area contributed by atoms with E-state index in [-0.39, 0.29) is 23.9 Å². The normalized spacial score (nSPS) is 12.4. The van der Waals surface area contributed by atoms with Crippen molar-refractivity contribution in [1.82, 2.24) is 14.9 Å². The molecule has 0 aliphatic rings. The molecule has 3 N–H and O–H groups in total. The van der Waals surface area contributed by atoms with Gasteiger partial charge >= 0.3 is 5.97 Å². The van der Waals surface area contributed by atoms with Gasteiger partial charge < -0.3 is 24.7 Å². The number of carbonyl (C=O) groups is 4.